The lowest BCUT2D eigenvalue weighted by molar-refractivity contribution is -0.114. The Hall–Kier alpha value is -1.52. The summed E-state index contributed by atoms with van der Waals surface area (Å²) in [6.07, 6.45) is 0. The van der Waals surface area contributed by atoms with Gasteiger partial charge in [0.25, 0.3) is 0 Å². The van der Waals surface area contributed by atoms with Gasteiger partial charge in [-0.05, 0) is 48.9 Å². The van der Waals surface area contributed by atoms with Crippen LogP contribution in [0.5, 0.6) is 0 Å². The maximum Gasteiger partial charge on any atom is 0.243 e. The van der Waals surface area contributed by atoms with Gasteiger partial charge in [-0.1, -0.05) is 33.6 Å². The van der Waals surface area contributed by atoms with Crippen molar-refractivity contribution in [1.29, 1.82) is 0 Å². The summed E-state index contributed by atoms with van der Waals surface area (Å²) >= 11 is 9.27. The summed E-state index contributed by atoms with van der Waals surface area (Å²) in [6.45, 7) is 2.11. The quantitative estimate of drug-likeness (QED) is 0.852. The van der Waals surface area contributed by atoms with E-state index in [4.69, 9.17) is 11.6 Å². The van der Waals surface area contributed by atoms with Crippen molar-refractivity contribution >= 4 is 44.8 Å². The molecule has 0 aliphatic rings. The first-order valence-electron chi connectivity index (χ1n) is 6.10. The smallest absolute Gasteiger partial charge is 0.243 e. The highest BCUT2D eigenvalue weighted by atomic mass is 79.9. The van der Waals surface area contributed by atoms with E-state index in [1.165, 1.54) is 0 Å². The van der Waals surface area contributed by atoms with Crippen LogP contribution in [0.25, 0.3) is 0 Å². The van der Waals surface area contributed by atoms with Crippen molar-refractivity contribution in [3.05, 3.63) is 57.5 Å². The Morgan fingerprint density at radius 1 is 1.25 bits per heavy atom. The fraction of sp³-hybridized carbons (Fsp3) is 0.133. The van der Waals surface area contributed by atoms with E-state index in [1.807, 2.05) is 37.3 Å². The van der Waals surface area contributed by atoms with Crippen LogP contribution in [0.1, 0.15) is 5.56 Å². The van der Waals surface area contributed by atoms with Crippen LogP contribution >= 0.6 is 27.5 Å². The molecule has 0 unspecified atom stereocenters. The number of nitrogens with one attached hydrogen (secondary N) is 2. The van der Waals surface area contributed by atoms with E-state index >= 15 is 0 Å². The molecule has 104 valence electrons. The van der Waals surface area contributed by atoms with Gasteiger partial charge in [0.05, 0.1) is 6.54 Å². The first kappa shape index (κ1) is 14.9. The molecule has 2 rings (SSSR count). The van der Waals surface area contributed by atoms with E-state index in [9.17, 15) is 4.79 Å². The molecule has 0 radical (unpaired) electrons. The van der Waals surface area contributed by atoms with E-state index in [-0.39, 0.29) is 12.5 Å². The minimum absolute atomic E-state index is 0.101. The number of carbonyl (C=O) groups excluding carboxylic acids is 1. The van der Waals surface area contributed by atoms with Gasteiger partial charge in [-0.15, -0.1) is 0 Å². The second kappa shape index (κ2) is 6.77. The van der Waals surface area contributed by atoms with Gasteiger partial charge in [0.1, 0.15) is 0 Å². The first-order valence-corrected chi connectivity index (χ1v) is 7.27. The molecule has 20 heavy (non-hydrogen) atoms. The molecule has 0 saturated heterocycles. The molecule has 2 aromatic carbocycles. The number of amides is 1. The lowest BCUT2D eigenvalue weighted by atomic mass is 10.2. The van der Waals surface area contributed by atoms with Crippen molar-refractivity contribution in [1.82, 2.24) is 0 Å². The molecular weight excluding hydrogens is 340 g/mol. The minimum atomic E-state index is -0.101. The van der Waals surface area contributed by atoms with Gasteiger partial charge >= 0.3 is 0 Å². The molecule has 2 N–H and O–H groups in total. The van der Waals surface area contributed by atoms with Crippen LogP contribution in [0, 0.1) is 6.92 Å². The molecule has 3 nitrogen and oxygen atoms in total. The Morgan fingerprint density at radius 2 is 2.05 bits per heavy atom. The zero-order valence-electron chi connectivity index (χ0n) is 10.9. The van der Waals surface area contributed by atoms with Gasteiger partial charge in [-0.2, -0.15) is 0 Å². The van der Waals surface area contributed by atoms with Crippen molar-refractivity contribution in [2.75, 3.05) is 17.2 Å². The first-order chi connectivity index (χ1) is 9.54. The molecule has 0 spiro atoms. The highest BCUT2D eigenvalue weighted by molar-refractivity contribution is 9.10. The predicted molar refractivity (Wildman–Crippen MR) is 87.5 cm³/mol. The molecule has 0 aliphatic heterocycles. The molecule has 2 aromatic rings. The Morgan fingerprint density at radius 3 is 2.75 bits per heavy atom. The second-order valence-electron chi connectivity index (χ2n) is 4.37. The summed E-state index contributed by atoms with van der Waals surface area (Å²) in [5.41, 5.74) is 2.60. The van der Waals surface area contributed by atoms with Gasteiger partial charge in [-0.3, -0.25) is 4.79 Å². The standard InChI is InChI=1S/C15H14BrClN2O/c1-10-7-12(17)5-6-14(10)19-15(20)9-18-13-4-2-3-11(16)8-13/h2-8,18H,9H2,1H3,(H,19,20). The highest BCUT2D eigenvalue weighted by Crippen LogP contribution is 2.19. The Labute approximate surface area is 131 Å². The maximum atomic E-state index is 11.9. The zero-order valence-corrected chi connectivity index (χ0v) is 13.3. The van der Waals surface area contributed by atoms with Crippen molar-refractivity contribution in [2.24, 2.45) is 0 Å². The predicted octanol–water partition coefficient (Wildman–Crippen LogP) is 4.46. The van der Waals surface area contributed by atoms with Crippen molar-refractivity contribution < 1.29 is 4.79 Å². The van der Waals surface area contributed by atoms with Gasteiger partial charge in [0.15, 0.2) is 0 Å². The van der Waals surface area contributed by atoms with E-state index in [1.54, 1.807) is 12.1 Å². The molecule has 0 aromatic heterocycles. The largest absolute Gasteiger partial charge is 0.376 e. The summed E-state index contributed by atoms with van der Waals surface area (Å²) in [6, 6.07) is 13.0. The van der Waals surface area contributed by atoms with Crippen LogP contribution in [0.15, 0.2) is 46.9 Å². The third-order valence-corrected chi connectivity index (χ3v) is 3.47. The third kappa shape index (κ3) is 4.25. The van der Waals surface area contributed by atoms with Crippen LogP contribution in [-0.4, -0.2) is 12.5 Å². The normalized spacial score (nSPS) is 10.2. The van der Waals surface area contributed by atoms with Gasteiger partial charge in [0.2, 0.25) is 5.91 Å². The summed E-state index contributed by atoms with van der Waals surface area (Å²) in [5.74, 6) is -0.101. The van der Waals surface area contributed by atoms with Crippen LogP contribution in [0.3, 0.4) is 0 Å². The van der Waals surface area contributed by atoms with E-state index in [0.717, 1.165) is 21.4 Å². The third-order valence-electron chi connectivity index (χ3n) is 2.74. The average Bonchev–Trinajstić information content (AvgIpc) is 2.40. The number of hydrogen-bond acceptors (Lipinski definition) is 2. The van der Waals surface area contributed by atoms with E-state index in [2.05, 4.69) is 26.6 Å². The summed E-state index contributed by atoms with van der Waals surface area (Å²) in [5, 5.41) is 6.58. The van der Waals surface area contributed by atoms with Crippen molar-refractivity contribution in [3.8, 4) is 0 Å². The van der Waals surface area contributed by atoms with Crippen LogP contribution < -0.4 is 10.6 Å². The van der Waals surface area contributed by atoms with Crippen molar-refractivity contribution in [2.45, 2.75) is 6.92 Å². The Bertz CT molecular complexity index is 631. The van der Waals surface area contributed by atoms with Gasteiger partial charge < -0.3 is 10.6 Å². The topological polar surface area (TPSA) is 41.1 Å². The molecule has 0 fully saturated rings. The number of hydrogen-bond donors (Lipinski definition) is 2. The van der Waals surface area contributed by atoms with E-state index < -0.39 is 0 Å². The maximum absolute atomic E-state index is 11.9. The fourth-order valence-electron chi connectivity index (χ4n) is 1.74. The molecule has 1 amide bonds. The van der Waals surface area contributed by atoms with E-state index in [0.29, 0.717) is 5.02 Å². The Balaban J connectivity index is 1.92. The molecule has 0 bridgehead atoms. The highest BCUT2D eigenvalue weighted by Gasteiger charge is 2.05. The minimum Gasteiger partial charge on any atom is -0.376 e. The summed E-state index contributed by atoms with van der Waals surface area (Å²) < 4.78 is 0.969. The number of carbonyl (C=O) groups is 1. The molecule has 0 saturated carbocycles. The lowest BCUT2D eigenvalue weighted by Gasteiger charge is -2.10. The number of anilines is 2. The molecule has 0 atom stereocenters. The lowest BCUT2D eigenvalue weighted by Crippen LogP contribution is -2.22. The van der Waals surface area contributed by atoms with Gasteiger partial charge in [0, 0.05) is 20.9 Å². The Kier molecular flexibility index (Phi) is 5.04. The number of rotatable bonds is 4. The summed E-state index contributed by atoms with van der Waals surface area (Å²) in [7, 11) is 0. The SMILES string of the molecule is Cc1cc(Cl)ccc1NC(=O)CNc1cccc(Br)c1. The zero-order chi connectivity index (χ0) is 14.5. The molecular formula is C15H14BrClN2O. The molecule has 5 heteroatoms. The number of benzene rings is 2. The summed E-state index contributed by atoms with van der Waals surface area (Å²) in [4.78, 5) is 11.9. The van der Waals surface area contributed by atoms with Crippen molar-refractivity contribution in [3.63, 3.8) is 0 Å². The van der Waals surface area contributed by atoms with Crippen LogP contribution in [-0.2, 0) is 4.79 Å². The second-order valence-corrected chi connectivity index (χ2v) is 5.72. The van der Waals surface area contributed by atoms with Gasteiger partial charge in [-0.25, -0.2) is 0 Å². The monoisotopic (exact) mass is 352 g/mol. The van der Waals surface area contributed by atoms with Crippen LogP contribution in [0.2, 0.25) is 5.02 Å². The number of aryl methyl sites for hydroxylation is 1. The number of halogens is 2. The fourth-order valence-corrected chi connectivity index (χ4v) is 2.37. The average molecular weight is 354 g/mol. The van der Waals surface area contributed by atoms with Crippen LogP contribution in [0.4, 0.5) is 11.4 Å². The molecule has 0 heterocycles. The molecule has 0 aliphatic carbocycles.